The van der Waals surface area contributed by atoms with Crippen molar-refractivity contribution in [2.45, 2.75) is 38.8 Å². The zero-order valence-corrected chi connectivity index (χ0v) is 14.7. The largest absolute Gasteiger partial charge is 0.478 e. The van der Waals surface area contributed by atoms with Gasteiger partial charge < -0.3 is 31.0 Å². The second-order valence-corrected chi connectivity index (χ2v) is 7.82. The summed E-state index contributed by atoms with van der Waals surface area (Å²) in [5.41, 5.74) is 8.96. The van der Waals surface area contributed by atoms with Crippen molar-refractivity contribution in [3.63, 3.8) is 0 Å². The molecule has 0 unspecified atom stereocenters. The molecule has 0 aliphatic carbocycles. The number of nitrogens with one attached hydrogen (secondary N) is 2. The topological polar surface area (TPSA) is 249 Å². The van der Waals surface area contributed by atoms with Gasteiger partial charge in [-0.3, -0.25) is 10.8 Å². The fourth-order valence-corrected chi connectivity index (χ4v) is 1.60. The summed E-state index contributed by atoms with van der Waals surface area (Å²) in [4.78, 5) is 31.0. The lowest BCUT2D eigenvalue weighted by Gasteiger charge is -2.20. The highest BCUT2D eigenvalue weighted by Crippen LogP contribution is 2.53. The first-order valence-electron chi connectivity index (χ1n) is 5.75. The Bertz CT molecular complexity index is 515. The van der Waals surface area contributed by atoms with Crippen molar-refractivity contribution in [2.75, 3.05) is 0 Å². The zero-order chi connectivity index (χ0) is 19.3. The molecule has 0 saturated carbocycles. The summed E-state index contributed by atoms with van der Waals surface area (Å²) >= 11 is 0. The average Bonchev–Trinajstić information content (AvgIpc) is 2.22. The van der Waals surface area contributed by atoms with Gasteiger partial charge in [-0.25, -0.2) is 9.13 Å². The van der Waals surface area contributed by atoms with Crippen LogP contribution in [0.3, 0.4) is 0 Å². The van der Waals surface area contributed by atoms with Crippen LogP contribution in [0.25, 0.3) is 0 Å². The van der Waals surface area contributed by atoms with Gasteiger partial charge in [-0.15, -0.1) is 0 Å². The molecule has 0 saturated heterocycles. The standard InChI is InChI=1S/C8H18N6.H4O7P2/c1-7(2,5(9)10)13-14-8(3,4)6(11)12;1-8(2,3)7-9(4,5)6/h1-4H3,(H3,9,10)(H3,11,12);(H2,1,2,3)(H2,4,5,6). The van der Waals surface area contributed by atoms with Crippen molar-refractivity contribution in [2.24, 2.45) is 21.7 Å². The summed E-state index contributed by atoms with van der Waals surface area (Å²) in [6.45, 7) is 6.70. The molecular formula is C8H22N6O7P2. The van der Waals surface area contributed by atoms with Gasteiger partial charge in [-0.05, 0) is 27.7 Å². The number of amidine groups is 2. The molecule has 0 aromatic heterocycles. The number of nitrogens with zero attached hydrogens (tertiary/aromatic N) is 2. The third-order valence-electron chi connectivity index (χ3n) is 2.08. The maximum atomic E-state index is 9.63. The minimum Gasteiger partial charge on any atom is -0.386 e. The predicted molar refractivity (Wildman–Crippen MR) is 82.0 cm³/mol. The van der Waals surface area contributed by atoms with E-state index in [0.717, 1.165) is 0 Å². The molecule has 15 heteroatoms. The van der Waals surface area contributed by atoms with Crippen LogP contribution < -0.4 is 11.5 Å². The van der Waals surface area contributed by atoms with E-state index in [1.807, 2.05) is 0 Å². The van der Waals surface area contributed by atoms with E-state index in [4.69, 9.17) is 41.9 Å². The van der Waals surface area contributed by atoms with E-state index in [-0.39, 0.29) is 11.7 Å². The molecule has 0 aliphatic rings. The Morgan fingerprint density at radius 1 is 0.870 bits per heavy atom. The molecule has 0 bridgehead atoms. The highest BCUT2D eigenvalue weighted by atomic mass is 31.3. The molecule has 0 spiro atoms. The predicted octanol–water partition coefficient (Wildman–Crippen LogP) is 0.0561. The molecule has 0 aromatic carbocycles. The van der Waals surface area contributed by atoms with Gasteiger partial charge in [0.05, 0.1) is 0 Å². The molecule has 23 heavy (non-hydrogen) atoms. The summed E-state index contributed by atoms with van der Waals surface area (Å²) < 4.78 is 22.2. The quantitative estimate of drug-likeness (QED) is 0.135. The molecular weight excluding hydrogens is 354 g/mol. The summed E-state index contributed by atoms with van der Waals surface area (Å²) in [6, 6.07) is 0. The SMILES string of the molecule is CC(C)(N=NC(C)(C)C(=N)N)C(=N)N.O=P(O)(O)OP(=O)(O)O. The van der Waals surface area contributed by atoms with Crippen LogP contribution in [0, 0.1) is 10.8 Å². The lowest BCUT2D eigenvalue weighted by molar-refractivity contribution is 0.225. The monoisotopic (exact) mass is 376 g/mol. The molecule has 0 aromatic rings. The second-order valence-electron chi connectivity index (χ2n) is 5.21. The Morgan fingerprint density at radius 2 is 1.09 bits per heavy atom. The van der Waals surface area contributed by atoms with Crippen LogP contribution in [0.4, 0.5) is 0 Å². The van der Waals surface area contributed by atoms with Gasteiger partial charge in [0.2, 0.25) is 0 Å². The van der Waals surface area contributed by atoms with Crippen molar-refractivity contribution >= 4 is 27.3 Å². The van der Waals surface area contributed by atoms with Crippen LogP contribution in [-0.2, 0) is 13.4 Å². The van der Waals surface area contributed by atoms with Crippen molar-refractivity contribution in [1.82, 2.24) is 0 Å². The van der Waals surface area contributed by atoms with E-state index in [0.29, 0.717) is 0 Å². The Kier molecular flexibility index (Phi) is 8.43. The minimum absolute atomic E-state index is 0.0689. The Labute approximate surface area is 132 Å². The summed E-state index contributed by atoms with van der Waals surface area (Å²) in [6.07, 6.45) is 0. The lowest BCUT2D eigenvalue weighted by Crippen LogP contribution is -2.38. The van der Waals surface area contributed by atoms with Crippen LogP contribution in [0.5, 0.6) is 0 Å². The fraction of sp³-hybridized carbons (Fsp3) is 0.750. The van der Waals surface area contributed by atoms with Crippen LogP contribution in [-0.4, -0.2) is 42.3 Å². The first kappa shape index (κ1) is 24.1. The van der Waals surface area contributed by atoms with Crippen molar-refractivity contribution in [3.8, 4) is 0 Å². The Morgan fingerprint density at radius 3 is 1.17 bits per heavy atom. The smallest absolute Gasteiger partial charge is 0.386 e. The van der Waals surface area contributed by atoms with Crippen molar-refractivity contribution < 1.29 is 33.0 Å². The third kappa shape index (κ3) is 13.0. The molecule has 0 fully saturated rings. The Hall–Kier alpha value is -1.20. The molecule has 0 rings (SSSR count). The number of nitrogens with two attached hydrogens (primary N) is 2. The van der Waals surface area contributed by atoms with Gasteiger partial charge in [-0.2, -0.15) is 14.5 Å². The molecule has 13 nitrogen and oxygen atoms in total. The van der Waals surface area contributed by atoms with Gasteiger partial charge >= 0.3 is 15.6 Å². The highest BCUT2D eigenvalue weighted by molar-refractivity contribution is 7.60. The zero-order valence-electron chi connectivity index (χ0n) is 13.0. The van der Waals surface area contributed by atoms with E-state index in [1.54, 1.807) is 27.7 Å². The number of azo groups is 1. The van der Waals surface area contributed by atoms with E-state index in [1.165, 1.54) is 0 Å². The number of phosphoric acid groups is 2. The van der Waals surface area contributed by atoms with Crippen LogP contribution in [0.2, 0.25) is 0 Å². The first-order valence-corrected chi connectivity index (χ1v) is 8.82. The van der Waals surface area contributed by atoms with Gasteiger partial charge in [0.1, 0.15) is 22.7 Å². The molecule has 0 radical (unpaired) electrons. The van der Waals surface area contributed by atoms with Crippen molar-refractivity contribution in [1.29, 1.82) is 10.8 Å². The van der Waals surface area contributed by atoms with E-state index in [2.05, 4.69) is 14.5 Å². The average molecular weight is 376 g/mol. The maximum Gasteiger partial charge on any atom is 0.478 e. The van der Waals surface area contributed by atoms with Gasteiger partial charge in [0, 0.05) is 0 Å². The summed E-state index contributed by atoms with van der Waals surface area (Å²) in [5, 5.41) is 22.3. The highest BCUT2D eigenvalue weighted by Gasteiger charge is 2.28. The molecule has 10 N–H and O–H groups in total. The molecule has 0 atom stereocenters. The molecule has 0 amide bonds. The molecule has 0 aliphatic heterocycles. The molecule has 0 heterocycles. The van der Waals surface area contributed by atoms with E-state index < -0.39 is 26.7 Å². The van der Waals surface area contributed by atoms with Gasteiger partial charge in [-0.1, -0.05) is 0 Å². The van der Waals surface area contributed by atoms with Crippen LogP contribution in [0.1, 0.15) is 27.7 Å². The number of hydrogen-bond acceptors (Lipinski definition) is 7. The van der Waals surface area contributed by atoms with Crippen molar-refractivity contribution in [3.05, 3.63) is 0 Å². The van der Waals surface area contributed by atoms with Gasteiger partial charge in [0.15, 0.2) is 0 Å². The molecule has 136 valence electrons. The maximum absolute atomic E-state index is 9.63. The normalized spacial score (nSPS) is 13.4. The fourth-order valence-electron chi connectivity index (χ4n) is 0.496. The van der Waals surface area contributed by atoms with Crippen LogP contribution in [0.15, 0.2) is 10.2 Å². The minimum atomic E-state index is -5.05. The van der Waals surface area contributed by atoms with Crippen LogP contribution >= 0.6 is 15.6 Å². The summed E-state index contributed by atoms with van der Waals surface area (Å²) in [5.74, 6) is -0.138. The van der Waals surface area contributed by atoms with E-state index in [9.17, 15) is 9.13 Å². The lowest BCUT2D eigenvalue weighted by atomic mass is 10.1. The van der Waals surface area contributed by atoms with E-state index >= 15 is 0 Å². The first-order chi connectivity index (χ1) is 9.80. The Balaban J connectivity index is 0. The van der Waals surface area contributed by atoms with Gasteiger partial charge in [0.25, 0.3) is 0 Å². The second kappa shape index (κ2) is 8.06. The number of rotatable bonds is 6. The number of hydrogen-bond donors (Lipinski definition) is 8. The third-order valence-corrected chi connectivity index (χ3v) is 3.78. The summed E-state index contributed by atoms with van der Waals surface area (Å²) in [7, 11) is -10.1.